The topological polar surface area (TPSA) is 54.0 Å². The molecule has 0 unspecified atom stereocenters. The maximum Gasteiger partial charge on any atom is 0.194 e. The molecule has 0 saturated heterocycles. The van der Waals surface area contributed by atoms with Gasteiger partial charge in [-0.25, -0.2) is 0 Å². The average Bonchev–Trinajstić information content (AvgIpc) is 2.80. The summed E-state index contributed by atoms with van der Waals surface area (Å²) in [5.41, 5.74) is 4.37. The summed E-state index contributed by atoms with van der Waals surface area (Å²) in [6.45, 7) is 12.5. The second-order valence-corrected chi connectivity index (χ2v) is 10.8. The van der Waals surface area contributed by atoms with Gasteiger partial charge in [0, 0.05) is 54.2 Å². The molecule has 4 aromatic rings. The van der Waals surface area contributed by atoms with E-state index in [1.54, 1.807) is 0 Å². The van der Waals surface area contributed by atoms with Crippen molar-refractivity contribution < 1.29 is 5.11 Å². The highest BCUT2D eigenvalue weighted by Gasteiger charge is 2.30. The lowest BCUT2D eigenvalue weighted by Gasteiger charge is -2.24. The maximum absolute atomic E-state index is 13.9. The Kier molecular flexibility index (Phi) is 4.21. The standard InChI is InChI=1S/C31H27O3/c1-13(2)16-7-19-25-20(8-16)30(33)22-10-18(15(5)6)12-24-27(22)28(25)26-21(29(19)32)9-17(14(3)4)11-23(26)31(24)34/h7-15H,1-6H3. The van der Waals surface area contributed by atoms with Gasteiger partial charge in [-0.05, 0) is 70.8 Å². The van der Waals surface area contributed by atoms with Crippen LogP contribution in [0.2, 0.25) is 0 Å². The molecular formula is C31H27O3. The Bertz CT molecular complexity index is 1700. The summed E-state index contributed by atoms with van der Waals surface area (Å²) in [4.78, 5) is 27.8. The van der Waals surface area contributed by atoms with Gasteiger partial charge in [-0.3, -0.25) is 14.7 Å². The van der Waals surface area contributed by atoms with E-state index in [2.05, 4.69) is 41.5 Å². The van der Waals surface area contributed by atoms with Crippen LogP contribution >= 0.6 is 0 Å². The van der Waals surface area contributed by atoms with E-state index in [9.17, 15) is 14.7 Å². The van der Waals surface area contributed by atoms with Crippen LogP contribution in [0.4, 0.5) is 0 Å². The second kappa shape index (κ2) is 6.79. The minimum atomic E-state index is -0.0902. The van der Waals surface area contributed by atoms with Gasteiger partial charge in [-0.15, -0.1) is 0 Å². The molecule has 0 aliphatic heterocycles. The van der Waals surface area contributed by atoms with E-state index in [4.69, 9.17) is 0 Å². The van der Waals surface area contributed by atoms with Crippen LogP contribution in [0.1, 0.15) is 76.0 Å². The first-order valence-electron chi connectivity index (χ1n) is 12.2. The molecule has 6 rings (SSSR count). The molecule has 0 atom stereocenters. The first kappa shape index (κ1) is 21.1. The van der Waals surface area contributed by atoms with E-state index in [0.717, 1.165) is 22.3 Å². The summed E-state index contributed by atoms with van der Waals surface area (Å²) >= 11 is 0. The summed E-state index contributed by atoms with van der Waals surface area (Å²) in [5.74, 6) is 0.446. The van der Waals surface area contributed by atoms with E-state index in [1.165, 1.54) is 0 Å². The molecule has 0 bridgehead atoms. The van der Waals surface area contributed by atoms with Gasteiger partial charge in [0.2, 0.25) is 0 Å². The first-order chi connectivity index (χ1) is 16.1. The third kappa shape index (κ3) is 2.53. The molecule has 1 radical (unpaired) electrons. The highest BCUT2D eigenvalue weighted by molar-refractivity contribution is 6.32. The normalized spacial score (nSPS) is 13.0. The highest BCUT2D eigenvalue weighted by atomic mass is 16.3. The molecule has 0 fully saturated rings. The fourth-order valence-corrected chi connectivity index (χ4v) is 5.69. The molecule has 2 aliphatic rings. The lowest BCUT2D eigenvalue weighted by atomic mass is 9.78. The van der Waals surface area contributed by atoms with Crippen LogP contribution in [-0.2, 0) is 5.11 Å². The van der Waals surface area contributed by atoms with E-state index >= 15 is 0 Å². The fraction of sp³-hybridized carbons (Fsp3) is 0.290. The van der Waals surface area contributed by atoms with Crippen LogP contribution < -0.4 is 10.9 Å². The van der Waals surface area contributed by atoms with E-state index in [-0.39, 0.29) is 34.4 Å². The Morgan fingerprint density at radius 2 is 0.794 bits per heavy atom. The van der Waals surface area contributed by atoms with Crippen LogP contribution in [0, 0.1) is 0 Å². The van der Waals surface area contributed by atoms with Gasteiger partial charge in [0.1, 0.15) is 0 Å². The summed E-state index contributed by atoms with van der Waals surface area (Å²) in [6, 6.07) is 11.8. The van der Waals surface area contributed by atoms with Crippen molar-refractivity contribution in [2.45, 2.75) is 59.3 Å². The van der Waals surface area contributed by atoms with Crippen LogP contribution in [0.3, 0.4) is 0 Å². The van der Waals surface area contributed by atoms with Crippen molar-refractivity contribution >= 4 is 43.1 Å². The van der Waals surface area contributed by atoms with Crippen LogP contribution in [-0.4, -0.2) is 0 Å². The fourth-order valence-electron chi connectivity index (χ4n) is 5.69. The second-order valence-electron chi connectivity index (χ2n) is 10.8. The Hall–Kier alpha value is -3.46. The highest BCUT2D eigenvalue weighted by Crippen LogP contribution is 2.51. The molecule has 0 heterocycles. The zero-order valence-electron chi connectivity index (χ0n) is 20.4. The summed E-state index contributed by atoms with van der Waals surface area (Å²) in [7, 11) is 0. The number of hydrogen-bond acceptors (Lipinski definition) is 2. The predicted octanol–water partition coefficient (Wildman–Crippen LogP) is 7.95. The van der Waals surface area contributed by atoms with Crippen molar-refractivity contribution in [3.05, 3.63) is 73.5 Å². The molecule has 169 valence electrons. The Morgan fingerprint density at radius 1 is 0.471 bits per heavy atom. The Balaban J connectivity index is 2.05. The van der Waals surface area contributed by atoms with Crippen molar-refractivity contribution in [1.29, 1.82) is 0 Å². The lowest BCUT2D eigenvalue weighted by Crippen LogP contribution is -2.15. The Morgan fingerprint density at radius 3 is 1.15 bits per heavy atom. The Labute approximate surface area is 198 Å². The van der Waals surface area contributed by atoms with Crippen LogP contribution in [0.5, 0.6) is 5.75 Å². The van der Waals surface area contributed by atoms with Crippen molar-refractivity contribution in [3.8, 4) is 16.9 Å². The number of hydrogen-bond donors (Lipinski definition) is 0. The molecule has 0 N–H and O–H groups in total. The molecule has 2 aliphatic carbocycles. The first-order valence-corrected chi connectivity index (χ1v) is 12.2. The van der Waals surface area contributed by atoms with Crippen molar-refractivity contribution in [2.24, 2.45) is 0 Å². The largest absolute Gasteiger partial charge is 0.289 e. The molecule has 0 saturated carbocycles. The monoisotopic (exact) mass is 447 g/mol. The number of benzene rings is 6. The average molecular weight is 448 g/mol. The minimum absolute atomic E-state index is 0.0902. The van der Waals surface area contributed by atoms with Crippen LogP contribution in [0.15, 0.2) is 46.0 Å². The van der Waals surface area contributed by atoms with E-state index < -0.39 is 0 Å². The van der Waals surface area contributed by atoms with Gasteiger partial charge < -0.3 is 0 Å². The molecule has 4 aromatic carbocycles. The van der Waals surface area contributed by atoms with Gasteiger partial charge in [-0.2, -0.15) is 0 Å². The van der Waals surface area contributed by atoms with Crippen LogP contribution in [0.25, 0.3) is 54.2 Å². The summed E-state index contributed by atoms with van der Waals surface area (Å²) in [5, 5.41) is 18.8. The molecule has 0 amide bonds. The van der Waals surface area contributed by atoms with Gasteiger partial charge >= 0.3 is 0 Å². The zero-order chi connectivity index (χ0) is 24.2. The van der Waals surface area contributed by atoms with Crippen molar-refractivity contribution in [2.75, 3.05) is 0 Å². The predicted molar refractivity (Wildman–Crippen MR) is 142 cm³/mol. The molecule has 34 heavy (non-hydrogen) atoms. The lowest BCUT2D eigenvalue weighted by molar-refractivity contribution is 0.365. The quantitative estimate of drug-likeness (QED) is 0.204. The van der Waals surface area contributed by atoms with Gasteiger partial charge in [0.05, 0.1) is 0 Å². The third-order valence-corrected chi connectivity index (χ3v) is 7.70. The van der Waals surface area contributed by atoms with Gasteiger partial charge in [-0.1, -0.05) is 41.5 Å². The molecule has 3 heteroatoms. The maximum atomic E-state index is 13.9. The van der Waals surface area contributed by atoms with E-state index in [1.807, 2.05) is 36.4 Å². The summed E-state index contributed by atoms with van der Waals surface area (Å²) < 4.78 is 0. The zero-order valence-corrected chi connectivity index (χ0v) is 20.4. The van der Waals surface area contributed by atoms with Crippen molar-refractivity contribution in [1.82, 2.24) is 0 Å². The third-order valence-electron chi connectivity index (χ3n) is 7.70. The van der Waals surface area contributed by atoms with Gasteiger partial charge in [0.25, 0.3) is 0 Å². The molecule has 3 nitrogen and oxygen atoms in total. The summed E-state index contributed by atoms with van der Waals surface area (Å²) in [6.07, 6.45) is 0. The number of rotatable bonds is 3. The minimum Gasteiger partial charge on any atom is -0.289 e. The molecular weight excluding hydrogens is 420 g/mol. The van der Waals surface area contributed by atoms with Gasteiger partial charge in [0.15, 0.2) is 16.6 Å². The van der Waals surface area contributed by atoms with E-state index in [0.29, 0.717) is 48.7 Å². The molecule has 0 aromatic heterocycles. The molecule has 0 spiro atoms. The van der Waals surface area contributed by atoms with Crippen molar-refractivity contribution in [3.63, 3.8) is 0 Å². The smallest absolute Gasteiger partial charge is 0.194 e. The SMILES string of the molecule is CC(C)c1cc2c3c(c1)c(=O)c1cc(C(C)C)cc4c([O])c5cc(C(C)C)cc(c2=O)c5c-3c41.